The average molecular weight is 222 g/mol. The van der Waals surface area contributed by atoms with Crippen LogP contribution < -0.4 is 5.32 Å². The van der Waals surface area contributed by atoms with E-state index >= 15 is 0 Å². The van der Waals surface area contributed by atoms with Gasteiger partial charge >= 0.3 is 0 Å². The molecule has 1 rings (SSSR count). The van der Waals surface area contributed by atoms with Gasteiger partial charge in [-0.15, -0.1) is 0 Å². The summed E-state index contributed by atoms with van der Waals surface area (Å²) >= 11 is 0. The molecule has 0 aromatic carbocycles. The van der Waals surface area contributed by atoms with Crippen molar-refractivity contribution in [3.63, 3.8) is 0 Å². The molecule has 3 heteroatoms. The summed E-state index contributed by atoms with van der Waals surface area (Å²) in [6.45, 7) is 4.99. The highest BCUT2D eigenvalue weighted by Gasteiger charge is 2.41. The van der Waals surface area contributed by atoms with Crippen LogP contribution in [0.1, 0.15) is 52.4 Å². The number of amides is 1. The predicted molar refractivity (Wildman–Crippen MR) is 63.6 cm³/mol. The summed E-state index contributed by atoms with van der Waals surface area (Å²) in [6.07, 6.45) is 5.64. The van der Waals surface area contributed by atoms with Crippen LogP contribution in [-0.2, 0) is 4.79 Å². The Morgan fingerprint density at radius 3 is 2.38 bits per heavy atom. The molecule has 0 radical (unpaired) electrons. The zero-order valence-electron chi connectivity index (χ0n) is 10.4. The Hall–Kier alpha value is -1.04. The number of rotatable bonds is 5. The van der Waals surface area contributed by atoms with Gasteiger partial charge < -0.3 is 5.32 Å². The van der Waals surface area contributed by atoms with Crippen molar-refractivity contribution in [3.05, 3.63) is 0 Å². The number of hydrogen-bond donors (Lipinski definition) is 1. The summed E-state index contributed by atoms with van der Waals surface area (Å²) in [4.78, 5) is 12.0. The van der Waals surface area contributed by atoms with Gasteiger partial charge in [0.1, 0.15) is 5.41 Å². The molecule has 1 aliphatic carbocycles. The first-order chi connectivity index (χ1) is 7.68. The number of nitrogens with zero attached hydrogens (tertiary/aromatic N) is 1. The van der Waals surface area contributed by atoms with Crippen LogP contribution in [0.25, 0.3) is 0 Å². The van der Waals surface area contributed by atoms with Gasteiger partial charge in [-0.1, -0.05) is 39.5 Å². The smallest absolute Gasteiger partial charge is 0.240 e. The maximum Gasteiger partial charge on any atom is 0.240 e. The van der Waals surface area contributed by atoms with Gasteiger partial charge in [0.05, 0.1) is 6.07 Å². The molecule has 0 saturated heterocycles. The normalized spacial score (nSPS) is 18.4. The fourth-order valence-corrected chi connectivity index (χ4v) is 2.35. The van der Waals surface area contributed by atoms with Crippen LogP contribution in [0.2, 0.25) is 0 Å². The van der Waals surface area contributed by atoms with E-state index in [-0.39, 0.29) is 5.91 Å². The second-order valence-electron chi connectivity index (χ2n) is 4.79. The molecule has 0 heterocycles. The van der Waals surface area contributed by atoms with Gasteiger partial charge in [0.15, 0.2) is 0 Å². The zero-order chi connectivity index (χ0) is 12.0. The van der Waals surface area contributed by atoms with Gasteiger partial charge in [-0.2, -0.15) is 5.26 Å². The second-order valence-corrected chi connectivity index (χ2v) is 4.79. The lowest BCUT2D eigenvalue weighted by Crippen LogP contribution is -2.40. The highest BCUT2D eigenvalue weighted by molar-refractivity contribution is 5.85. The minimum absolute atomic E-state index is 0.0422. The Kier molecular flexibility index (Phi) is 4.79. The average Bonchev–Trinajstić information content (AvgIpc) is 2.80. The van der Waals surface area contributed by atoms with Crippen molar-refractivity contribution in [3.8, 4) is 6.07 Å². The molecule has 0 aromatic rings. The van der Waals surface area contributed by atoms with E-state index in [0.29, 0.717) is 5.92 Å². The molecule has 1 amide bonds. The lowest BCUT2D eigenvalue weighted by Gasteiger charge is -2.21. The van der Waals surface area contributed by atoms with Gasteiger partial charge in [-0.25, -0.2) is 0 Å². The third-order valence-electron chi connectivity index (χ3n) is 3.81. The van der Waals surface area contributed by atoms with Crippen LogP contribution >= 0.6 is 0 Å². The predicted octanol–water partition coefficient (Wildman–Crippen LogP) is 2.62. The molecule has 1 aliphatic rings. The fraction of sp³-hybridized carbons (Fsp3) is 0.846. The Morgan fingerprint density at radius 1 is 1.38 bits per heavy atom. The van der Waals surface area contributed by atoms with Crippen molar-refractivity contribution < 1.29 is 4.79 Å². The van der Waals surface area contributed by atoms with Crippen LogP contribution in [0.15, 0.2) is 0 Å². The monoisotopic (exact) mass is 222 g/mol. The summed E-state index contributed by atoms with van der Waals surface area (Å²) in [5, 5.41) is 12.1. The summed E-state index contributed by atoms with van der Waals surface area (Å²) < 4.78 is 0. The second kappa shape index (κ2) is 5.89. The van der Waals surface area contributed by atoms with Crippen LogP contribution in [0.5, 0.6) is 0 Å². The van der Waals surface area contributed by atoms with E-state index in [4.69, 9.17) is 5.26 Å². The van der Waals surface area contributed by atoms with Gasteiger partial charge in [0.25, 0.3) is 0 Å². The summed E-state index contributed by atoms with van der Waals surface area (Å²) in [5.41, 5.74) is -0.716. The lowest BCUT2D eigenvalue weighted by atomic mass is 9.87. The third-order valence-corrected chi connectivity index (χ3v) is 3.81. The molecule has 16 heavy (non-hydrogen) atoms. The van der Waals surface area contributed by atoms with Crippen LogP contribution in [0.3, 0.4) is 0 Å². The Balaban J connectivity index is 2.48. The van der Waals surface area contributed by atoms with Crippen molar-refractivity contribution in [1.29, 1.82) is 5.26 Å². The molecule has 1 saturated carbocycles. The number of nitriles is 1. The summed E-state index contributed by atoms with van der Waals surface area (Å²) in [5.74, 6) is 0.500. The van der Waals surface area contributed by atoms with Gasteiger partial charge in [-0.05, 0) is 18.8 Å². The van der Waals surface area contributed by atoms with E-state index in [0.717, 1.165) is 45.1 Å². The standard InChI is InChI=1S/C13H22N2O/c1-3-11(4-2)9-15-12(16)13(10-14)7-5-6-8-13/h11H,3-9H2,1-2H3,(H,15,16). The lowest BCUT2D eigenvalue weighted by molar-refractivity contribution is -0.128. The highest BCUT2D eigenvalue weighted by Crippen LogP contribution is 2.37. The first kappa shape index (κ1) is 13.0. The van der Waals surface area contributed by atoms with Gasteiger partial charge in [0, 0.05) is 6.54 Å². The minimum Gasteiger partial charge on any atom is -0.354 e. The molecule has 0 atom stereocenters. The molecule has 0 unspecified atom stereocenters. The van der Waals surface area contributed by atoms with E-state index in [1.165, 1.54) is 0 Å². The Morgan fingerprint density at radius 2 is 1.94 bits per heavy atom. The molecule has 0 bridgehead atoms. The van der Waals surface area contributed by atoms with E-state index in [2.05, 4.69) is 25.2 Å². The van der Waals surface area contributed by atoms with Gasteiger partial charge in [-0.3, -0.25) is 4.79 Å². The van der Waals surface area contributed by atoms with Crippen molar-refractivity contribution in [2.45, 2.75) is 52.4 Å². The Labute approximate surface area is 98.2 Å². The molecular formula is C13H22N2O. The highest BCUT2D eigenvalue weighted by atomic mass is 16.2. The van der Waals surface area contributed by atoms with Crippen LogP contribution in [0, 0.1) is 22.7 Å². The number of carbonyl (C=O) groups excluding carboxylic acids is 1. The molecular weight excluding hydrogens is 200 g/mol. The molecule has 0 aliphatic heterocycles. The number of hydrogen-bond acceptors (Lipinski definition) is 2. The van der Waals surface area contributed by atoms with Crippen LogP contribution in [0.4, 0.5) is 0 Å². The molecule has 3 nitrogen and oxygen atoms in total. The number of carbonyl (C=O) groups is 1. The van der Waals surface area contributed by atoms with E-state index in [9.17, 15) is 4.79 Å². The summed E-state index contributed by atoms with van der Waals surface area (Å²) in [6, 6.07) is 2.22. The van der Waals surface area contributed by atoms with Crippen molar-refractivity contribution in [2.75, 3.05) is 6.54 Å². The third kappa shape index (κ3) is 2.75. The first-order valence-corrected chi connectivity index (χ1v) is 6.38. The molecule has 0 spiro atoms. The molecule has 1 fully saturated rings. The minimum atomic E-state index is -0.716. The first-order valence-electron chi connectivity index (χ1n) is 6.38. The molecule has 0 aromatic heterocycles. The fourth-order valence-electron chi connectivity index (χ4n) is 2.35. The quantitative estimate of drug-likeness (QED) is 0.777. The SMILES string of the molecule is CCC(CC)CNC(=O)C1(C#N)CCCC1. The van der Waals surface area contributed by atoms with Gasteiger partial charge in [0.2, 0.25) is 5.91 Å². The van der Waals surface area contributed by atoms with Crippen LogP contribution in [-0.4, -0.2) is 12.5 Å². The maximum atomic E-state index is 12.0. The zero-order valence-corrected chi connectivity index (χ0v) is 10.4. The summed E-state index contributed by atoms with van der Waals surface area (Å²) in [7, 11) is 0. The largest absolute Gasteiger partial charge is 0.354 e. The topological polar surface area (TPSA) is 52.9 Å². The van der Waals surface area contributed by atoms with E-state index < -0.39 is 5.41 Å². The maximum absolute atomic E-state index is 12.0. The van der Waals surface area contributed by atoms with Crippen molar-refractivity contribution >= 4 is 5.91 Å². The molecule has 1 N–H and O–H groups in total. The van der Waals surface area contributed by atoms with E-state index in [1.807, 2.05) is 0 Å². The number of nitrogens with one attached hydrogen (secondary N) is 1. The molecule has 90 valence electrons. The van der Waals surface area contributed by atoms with E-state index in [1.54, 1.807) is 0 Å². The van der Waals surface area contributed by atoms with Crippen molar-refractivity contribution in [2.24, 2.45) is 11.3 Å². The van der Waals surface area contributed by atoms with Crippen molar-refractivity contribution in [1.82, 2.24) is 5.32 Å². The Bertz CT molecular complexity index is 270.